The zero-order valence-electron chi connectivity index (χ0n) is 10.7. The molecule has 1 aromatic rings. The van der Waals surface area contributed by atoms with E-state index in [2.05, 4.69) is 5.32 Å². The summed E-state index contributed by atoms with van der Waals surface area (Å²) >= 11 is 5.74. The zero-order chi connectivity index (χ0) is 13.8. The zero-order valence-corrected chi connectivity index (χ0v) is 11.4. The van der Waals surface area contributed by atoms with Crippen LogP contribution in [0.3, 0.4) is 0 Å². The number of hydrogen-bond donors (Lipinski definition) is 1. The minimum atomic E-state index is -0.718. The van der Waals surface area contributed by atoms with E-state index >= 15 is 0 Å². The third-order valence-electron chi connectivity index (χ3n) is 3.20. The number of nitrogens with zero attached hydrogens (tertiary/aromatic N) is 1. The fourth-order valence-electron chi connectivity index (χ4n) is 2.25. The van der Waals surface area contributed by atoms with E-state index in [1.807, 2.05) is 4.90 Å². The molecule has 1 fully saturated rings. The quantitative estimate of drug-likeness (QED) is 0.857. The molecule has 1 saturated heterocycles. The summed E-state index contributed by atoms with van der Waals surface area (Å²) in [5.74, 6) is -0.940. The van der Waals surface area contributed by atoms with Crippen molar-refractivity contribution in [3.63, 3.8) is 0 Å². The lowest BCUT2D eigenvalue weighted by Gasteiger charge is -2.33. The monoisotopic (exact) mass is 286 g/mol. The third-order valence-corrected chi connectivity index (χ3v) is 3.43. The van der Waals surface area contributed by atoms with Crippen LogP contribution in [0, 0.1) is 5.82 Å². The Morgan fingerprint density at radius 2 is 2.16 bits per heavy atom. The van der Waals surface area contributed by atoms with Crippen molar-refractivity contribution in [3.8, 4) is 0 Å². The Hall–Kier alpha value is -1.17. The van der Waals surface area contributed by atoms with E-state index < -0.39 is 17.8 Å². The summed E-state index contributed by atoms with van der Waals surface area (Å²) in [5, 5.41) is 3.50. The Morgan fingerprint density at radius 3 is 2.74 bits per heavy atom. The highest BCUT2D eigenvalue weighted by molar-refractivity contribution is 6.30. The first kappa shape index (κ1) is 14.2. The molecular formula is C13H16ClFN2O2. The molecule has 0 radical (unpaired) electrons. The molecule has 1 aromatic carbocycles. The molecule has 0 bridgehead atoms. The standard InChI is InChI=1S/C13H16ClFN2O2/c1-19-13(18)12(17-6-4-16-5-7-17)10-3-2-9(14)8-11(10)15/h2-3,8,12,16H,4-7H2,1H3. The smallest absolute Gasteiger partial charge is 0.327 e. The van der Waals surface area contributed by atoms with E-state index in [1.54, 1.807) is 12.1 Å². The summed E-state index contributed by atoms with van der Waals surface area (Å²) in [6.07, 6.45) is 0. The van der Waals surface area contributed by atoms with Gasteiger partial charge in [0.2, 0.25) is 0 Å². The highest BCUT2D eigenvalue weighted by atomic mass is 35.5. The number of benzene rings is 1. The van der Waals surface area contributed by atoms with E-state index in [1.165, 1.54) is 13.2 Å². The van der Waals surface area contributed by atoms with Crippen LogP contribution in [-0.2, 0) is 9.53 Å². The number of ether oxygens (including phenoxy) is 1. The lowest BCUT2D eigenvalue weighted by molar-refractivity contribution is -0.147. The number of esters is 1. The van der Waals surface area contributed by atoms with Crippen LogP contribution in [0.15, 0.2) is 18.2 Å². The average molecular weight is 287 g/mol. The van der Waals surface area contributed by atoms with E-state index in [4.69, 9.17) is 16.3 Å². The Labute approximate surface area is 116 Å². The predicted octanol–water partition coefficient (Wildman–Crippen LogP) is 1.60. The molecule has 19 heavy (non-hydrogen) atoms. The Balaban J connectivity index is 2.33. The van der Waals surface area contributed by atoms with Crippen LogP contribution < -0.4 is 5.32 Å². The van der Waals surface area contributed by atoms with Crippen LogP contribution in [0.5, 0.6) is 0 Å². The SMILES string of the molecule is COC(=O)C(c1ccc(Cl)cc1F)N1CCNCC1. The molecule has 0 spiro atoms. The van der Waals surface area contributed by atoms with Crippen molar-refractivity contribution >= 4 is 17.6 Å². The molecule has 0 aromatic heterocycles. The summed E-state index contributed by atoms with van der Waals surface area (Å²) in [6, 6.07) is 3.62. The Kier molecular flexibility index (Phi) is 4.74. The van der Waals surface area contributed by atoms with Gasteiger partial charge in [0.15, 0.2) is 0 Å². The van der Waals surface area contributed by atoms with Gasteiger partial charge in [-0.1, -0.05) is 17.7 Å². The minimum Gasteiger partial charge on any atom is -0.468 e. The van der Waals surface area contributed by atoms with Gasteiger partial charge in [-0.05, 0) is 12.1 Å². The van der Waals surface area contributed by atoms with Crippen molar-refractivity contribution in [2.24, 2.45) is 0 Å². The molecule has 1 N–H and O–H groups in total. The summed E-state index contributed by atoms with van der Waals surface area (Å²) < 4.78 is 18.8. The summed E-state index contributed by atoms with van der Waals surface area (Å²) in [7, 11) is 1.31. The molecule has 4 nitrogen and oxygen atoms in total. The molecule has 0 aliphatic carbocycles. The maximum absolute atomic E-state index is 14.0. The summed E-state index contributed by atoms with van der Waals surface area (Å²) in [4.78, 5) is 13.9. The molecule has 1 unspecified atom stereocenters. The highest BCUT2D eigenvalue weighted by Crippen LogP contribution is 2.27. The topological polar surface area (TPSA) is 41.6 Å². The van der Waals surface area contributed by atoms with Crippen molar-refractivity contribution < 1.29 is 13.9 Å². The fourth-order valence-corrected chi connectivity index (χ4v) is 2.41. The number of carbonyl (C=O) groups excluding carboxylic acids is 1. The second-order valence-electron chi connectivity index (χ2n) is 4.38. The normalized spacial score (nSPS) is 18.1. The van der Waals surface area contributed by atoms with Gasteiger partial charge < -0.3 is 10.1 Å². The summed E-state index contributed by atoms with van der Waals surface area (Å²) in [5.41, 5.74) is 0.304. The lowest BCUT2D eigenvalue weighted by Crippen LogP contribution is -2.47. The number of methoxy groups -OCH3 is 1. The maximum atomic E-state index is 14.0. The molecule has 1 atom stereocenters. The molecule has 104 valence electrons. The maximum Gasteiger partial charge on any atom is 0.327 e. The first-order valence-corrected chi connectivity index (χ1v) is 6.49. The van der Waals surface area contributed by atoms with Gasteiger partial charge in [0.05, 0.1) is 7.11 Å². The van der Waals surface area contributed by atoms with E-state index in [-0.39, 0.29) is 0 Å². The Bertz CT molecular complexity index is 464. The van der Waals surface area contributed by atoms with E-state index in [0.29, 0.717) is 23.7 Å². The molecule has 0 saturated carbocycles. The molecule has 1 heterocycles. The number of rotatable bonds is 3. The van der Waals surface area contributed by atoms with Crippen molar-refractivity contribution in [2.75, 3.05) is 33.3 Å². The molecule has 2 rings (SSSR count). The fraction of sp³-hybridized carbons (Fsp3) is 0.462. The van der Waals surface area contributed by atoms with Crippen molar-refractivity contribution in [3.05, 3.63) is 34.6 Å². The molecule has 1 aliphatic heterocycles. The number of piperazine rings is 1. The van der Waals surface area contributed by atoms with E-state index in [0.717, 1.165) is 13.1 Å². The second-order valence-corrected chi connectivity index (χ2v) is 4.81. The second kappa shape index (κ2) is 6.32. The van der Waals surface area contributed by atoms with Gasteiger partial charge in [0.1, 0.15) is 11.9 Å². The van der Waals surface area contributed by atoms with Gasteiger partial charge >= 0.3 is 5.97 Å². The van der Waals surface area contributed by atoms with Crippen LogP contribution in [0.1, 0.15) is 11.6 Å². The van der Waals surface area contributed by atoms with Gasteiger partial charge in [0.25, 0.3) is 0 Å². The van der Waals surface area contributed by atoms with Gasteiger partial charge in [-0.25, -0.2) is 9.18 Å². The van der Waals surface area contributed by atoms with Gasteiger partial charge in [-0.2, -0.15) is 0 Å². The van der Waals surface area contributed by atoms with Crippen molar-refractivity contribution in [1.29, 1.82) is 0 Å². The van der Waals surface area contributed by atoms with Crippen LogP contribution in [-0.4, -0.2) is 44.2 Å². The van der Waals surface area contributed by atoms with Gasteiger partial charge in [-0.15, -0.1) is 0 Å². The van der Waals surface area contributed by atoms with Crippen LogP contribution in [0.2, 0.25) is 5.02 Å². The first-order chi connectivity index (χ1) is 9.13. The third kappa shape index (κ3) is 3.23. The lowest BCUT2D eigenvalue weighted by atomic mass is 10.0. The largest absolute Gasteiger partial charge is 0.468 e. The number of hydrogen-bond acceptors (Lipinski definition) is 4. The highest BCUT2D eigenvalue weighted by Gasteiger charge is 2.31. The number of carbonyl (C=O) groups is 1. The van der Waals surface area contributed by atoms with Crippen molar-refractivity contribution in [1.82, 2.24) is 10.2 Å². The molecule has 0 amide bonds. The van der Waals surface area contributed by atoms with Crippen LogP contribution in [0.4, 0.5) is 4.39 Å². The summed E-state index contributed by atoms with van der Waals surface area (Å²) in [6.45, 7) is 2.87. The number of halogens is 2. The minimum absolute atomic E-state index is 0.304. The Morgan fingerprint density at radius 1 is 1.47 bits per heavy atom. The first-order valence-electron chi connectivity index (χ1n) is 6.11. The van der Waals surface area contributed by atoms with Crippen molar-refractivity contribution in [2.45, 2.75) is 6.04 Å². The predicted molar refractivity (Wildman–Crippen MR) is 70.6 cm³/mol. The molecule has 1 aliphatic rings. The molecule has 6 heteroatoms. The van der Waals surface area contributed by atoms with E-state index in [9.17, 15) is 9.18 Å². The van der Waals surface area contributed by atoms with Gasteiger partial charge in [-0.3, -0.25) is 4.90 Å². The average Bonchev–Trinajstić information content (AvgIpc) is 2.42. The van der Waals surface area contributed by atoms with Crippen LogP contribution >= 0.6 is 11.6 Å². The van der Waals surface area contributed by atoms with Crippen LogP contribution in [0.25, 0.3) is 0 Å². The number of nitrogens with one attached hydrogen (secondary N) is 1. The molecular weight excluding hydrogens is 271 g/mol. The van der Waals surface area contributed by atoms with Gasteiger partial charge in [0, 0.05) is 36.8 Å².